The Morgan fingerprint density at radius 2 is 1.91 bits per heavy atom. The summed E-state index contributed by atoms with van der Waals surface area (Å²) in [5.41, 5.74) is 2.17. The topological polar surface area (TPSA) is 113 Å². The first-order valence-electron chi connectivity index (χ1n) is 10.4. The molecular formula is C23H24N4O4S. The molecule has 3 N–H and O–H groups in total. The van der Waals surface area contributed by atoms with E-state index in [1.165, 1.54) is 11.3 Å². The lowest BCUT2D eigenvalue weighted by atomic mass is 10.0. The summed E-state index contributed by atoms with van der Waals surface area (Å²) in [5, 5.41) is 15.6. The van der Waals surface area contributed by atoms with Gasteiger partial charge in [0.2, 0.25) is 0 Å². The van der Waals surface area contributed by atoms with E-state index in [1.807, 2.05) is 37.3 Å². The Bertz CT molecular complexity index is 1110. The zero-order valence-corrected chi connectivity index (χ0v) is 18.4. The highest BCUT2D eigenvalue weighted by Crippen LogP contribution is 2.46. The van der Waals surface area contributed by atoms with E-state index in [0.717, 1.165) is 46.8 Å². The number of aromatic nitrogens is 2. The second kappa shape index (κ2) is 9.46. The van der Waals surface area contributed by atoms with Gasteiger partial charge in [-0.15, -0.1) is 11.3 Å². The van der Waals surface area contributed by atoms with Crippen LogP contribution in [0.3, 0.4) is 0 Å². The molecule has 0 unspecified atom stereocenters. The van der Waals surface area contributed by atoms with Crippen molar-refractivity contribution in [3.63, 3.8) is 0 Å². The normalized spacial score (nSPS) is 14.8. The third-order valence-electron chi connectivity index (χ3n) is 5.42. The lowest BCUT2D eigenvalue weighted by molar-refractivity contribution is -0.150. The van der Waals surface area contributed by atoms with Crippen LogP contribution in [0.2, 0.25) is 0 Å². The minimum atomic E-state index is -0.993. The largest absolute Gasteiger partial charge is 0.480 e. The molecule has 0 spiro atoms. The number of carboxylic acids is 1. The summed E-state index contributed by atoms with van der Waals surface area (Å²) >= 11 is 1.46. The van der Waals surface area contributed by atoms with Crippen LogP contribution in [0.25, 0.3) is 10.4 Å². The van der Waals surface area contributed by atoms with Crippen molar-refractivity contribution in [2.75, 3.05) is 17.2 Å². The van der Waals surface area contributed by atoms with Crippen LogP contribution in [-0.2, 0) is 15.1 Å². The first-order chi connectivity index (χ1) is 15.5. The van der Waals surface area contributed by atoms with E-state index in [0.29, 0.717) is 11.4 Å². The first-order valence-corrected chi connectivity index (χ1v) is 11.2. The number of para-hydroxylation sites is 1. The third kappa shape index (κ3) is 4.79. The maximum atomic E-state index is 12.5. The van der Waals surface area contributed by atoms with Crippen LogP contribution < -0.4 is 10.6 Å². The van der Waals surface area contributed by atoms with Gasteiger partial charge in [-0.25, -0.2) is 14.6 Å². The number of nitrogens with one attached hydrogen (secondary N) is 2. The first kappa shape index (κ1) is 21.9. The summed E-state index contributed by atoms with van der Waals surface area (Å²) in [6, 6.07) is 10.6. The van der Waals surface area contributed by atoms with E-state index in [9.17, 15) is 9.59 Å². The zero-order chi connectivity index (χ0) is 22.6. The number of amides is 2. The minimum absolute atomic E-state index is 0.354. The van der Waals surface area contributed by atoms with Crippen LogP contribution in [0.4, 0.5) is 16.2 Å². The van der Waals surface area contributed by atoms with Crippen LogP contribution in [0.5, 0.6) is 0 Å². The Morgan fingerprint density at radius 1 is 1.16 bits per heavy atom. The number of benzene rings is 1. The summed E-state index contributed by atoms with van der Waals surface area (Å²) < 4.78 is 5.86. The van der Waals surface area contributed by atoms with Gasteiger partial charge in [0.25, 0.3) is 0 Å². The summed E-state index contributed by atoms with van der Waals surface area (Å²) in [7, 11) is 0. The number of aliphatic carboxylic acids is 1. The number of thiazole rings is 1. The highest BCUT2D eigenvalue weighted by molar-refractivity contribution is 7.15. The fraction of sp³-hybridized carbons (Fsp3) is 0.304. The van der Waals surface area contributed by atoms with Crippen molar-refractivity contribution < 1.29 is 19.4 Å². The molecule has 1 aliphatic carbocycles. The molecule has 32 heavy (non-hydrogen) atoms. The highest BCUT2D eigenvalue weighted by atomic mass is 32.1. The predicted octanol–water partition coefficient (Wildman–Crippen LogP) is 5.03. The smallest absolute Gasteiger partial charge is 0.329 e. The van der Waals surface area contributed by atoms with Crippen LogP contribution in [0.15, 0.2) is 48.8 Å². The number of urea groups is 1. The van der Waals surface area contributed by atoms with Crippen LogP contribution >= 0.6 is 11.3 Å². The SMILES string of the molecule is Cc1nc(C2(OCC(=O)O)CCCC2)sc1-c1cnccc1NC(=O)Nc1ccccc1. The Balaban J connectivity index is 1.60. The molecule has 1 fully saturated rings. The van der Waals surface area contributed by atoms with Gasteiger partial charge in [-0.1, -0.05) is 31.0 Å². The number of aryl methyl sites for hydroxylation is 1. The van der Waals surface area contributed by atoms with Crippen molar-refractivity contribution in [2.45, 2.75) is 38.2 Å². The number of ether oxygens (including phenoxy) is 1. The molecule has 1 saturated carbocycles. The summed E-state index contributed by atoms with van der Waals surface area (Å²) in [6.07, 6.45) is 6.73. The van der Waals surface area contributed by atoms with Gasteiger partial charge in [0.1, 0.15) is 17.2 Å². The van der Waals surface area contributed by atoms with Crippen molar-refractivity contribution in [1.29, 1.82) is 0 Å². The van der Waals surface area contributed by atoms with Crippen molar-refractivity contribution >= 4 is 34.7 Å². The molecule has 2 heterocycles. The fourth-order valence-electron chi connectivity index (χ4n) is 3.90. The average Bonchev–Trinajstić information content (AvgIpc) is 3.41. The number of carboxylic acid groups (broad SMARTS) is 1. The Kier molecular flexibility index (Phi) is 6.48. The van der Waals surface area contributed by atoms with Crippen molar-refractivity contribution in [3.05, 3.63) is 59.5 Å². The van der Waals surface area contributed by atoms with E-state index in [2.05, 4.69) is 15.6 Å². The van der Waals surface area contributed by atoms with Crippen LogP contribution in [-0.4, -0.2) is 33.7 Å². The standard InChI is InChI=1S/C23H24N4O4S/c1-15-20(32-21(25-15)23(10-5-6-11-23)31-14-19(28)29)17-13-24-12-9-18(17)27-22(30)26-16-7-3-2-4-8-16/h2-4,7-9,12-13H,5-6,10-11,14H2,1H3,(H,28,29)(H2,24,26,27,30). The molecule has 1 aromatic carbocycles. The van der Waals surface area contributed by atoms with Gasteiger partial charge < -0.3 is 20.5 Å². The zero-order valence-electron chi connectivity index (χ0n) is 17.6. The van der Waals surface area contributed by atoms with Crippen molar-refractivity contribution in [2.24, 2.45) is 0 Å². The molecular weight excluding hydrogens is 428 g/mol. The molecule has 0 bridgehead atoms. The molecule has 0 saturated heterocycles. The van der Waals surface area contributed by atoms with Crippen LogP contribution in [0.1, 0.15) is 36.4 Å². The molecule has 1 aliphatic rings. The van der Waals surface area contributed by atoms with Gasteiger partial charge in [0, 0.05) is 23.6 Å². The molecule has 0 radical (unpaired) electrons. The average molecular weight is 453 g/mol. The monoisotopic (exact) mass is 452 g/mol. The summed E-state index contributed by atoms with van der Waals surface area (Å²) in [4.78, 5) is 33.5. The lowest BCUT2D eigenvalue weighted by Gasteiger charge is -2.26. The number of rotatable bonds is 7. The number of carbonyl (C=O) groups is 2. The molecule has 166 valence electrons. The fourth-order valence-corrected chi connectivity index (χ4v) is 5.19. The van der Waals surface area contributed by atoms with E-state index in [1.54, 1.807) is 18.5 Å². The number of hydrogen-bond acceptors (Lipinski definition) is 6. The van der Waals surface area contributed by atoms with Gasteiger partial charge in [-0.3, -0.25) is 4.98 Å². The maximum absolute atomic E-state index is 12.5. The molecule has 9 heteroatoms. The quantitative estimate of drug-likeness (QED) is 0.463. The maximum Gasteiger partial charge on any atom is 0.329 e. The molecule has 4 rings (SSSR count). The van der Waals surface area contributed by atoms with Gasteiger partial charge in [0.05, 0.1) is 16.3 Å². The molecule has 2 amide bonds. The molecule has 8 nitrogen and oxygen atoms in total. The number of carbonyl (C=O) groups excluding carboxylic acids is 1. The number of pyridine rings is 1. The summed E-state index contributed by atoms with van der Waals surface area (Å²) in [6.45, 7) is 1.54. The van der Waals surface area contributed by atoms with E-state index in [4.69, 9.17) is 14.8 Å². The van der Waals surface area contributed by atoms with Crippen molar-refractivity contribution in [1.82, 2.24) is 9.97 Å². The summed E-state index contributed by atoms with van der Waals surface area (Å²) in [5.74, 6) is -0.993. The highest BCUT2D eigenvalue weighted by Gasteiger charge is 2.40. The molecule has 2 aromatic heterocycles. The van der Waals surface area contributed by atoms with Gasteiger partial charge in [0.15, 0.2) is 0 Å². The molecule has 0 atom stereocenters. The second-order valence-electron chi connectivity index (χ2n) is 7.68. The van der Waals surface area contributed by atoms with Crippen LogP contribution in [0, 0.1) is 6.92 Å². The predicted molar refractivity (Wildman–Crippen MR) is 123 cm³/mol. The molecule has 3 aromatic rings. The lowest BCUT2D eigenvalue weighted by Crippen LogP contribution is -2.28. The minimum Gasteiger partial charge on any atom is -0.480 e. The van der Waals surface area contributed by atoms with Gasteiger partial charge in [-0.05, 0) is 38.0 Å². The number of nitrogens with zero attached hydrogens (tertiary/aromatic N) is 2. The second-order valence-corrected chi connectivity index (χ2v) is 8.68. The Morgan fingerprint density at radius 3 is 2.62 bits per heavy atom. The third-order valence-corrected chi connectivity index (χ3v) is 6.79. The van der Waals surface area contributed by atoms with E-state index in [-0.39, 0.29) is 12.6 Å². The van der Waals surface area contributed by atoms with E-state index < -0.39 is 11.6 Å². The van der Waals surface area contributed by atoms with E-state index >= 15 is 0 Å². The molecule has 0 aliphatic heterocycles. The van der Waals surface area contributed by atoms with Crippen molar-refractivity contribution in [3.8, 4) is 10.4 Å². The van der Waals surface area contributed by atoms with Gasteiger partial charge >= 0.3 is 12.0 Å². The van der Waals surface area contributed by atoms with Gasteiger partial charge in [-0.2, -0.15) is 0 Å². The number of hydrogen-bond donors (Lipinski definition) is 3. The number of anilines is 2. The Hall–Kier alpha value is -3.30. The Labute approximate surface area is 189 Å².